The first-order valence-corrected chi connectivity index (χ1v) is 4.27. The largest absolute Gasteiger partial charge is 0.299 e. The number of halogens is 2. The summed E-state index contributed by atoms with van der Waals surface area (Å²) in [5, 5.41) is 0. The third kappa shape index (κ3) is 0.737. The Hall–Kier alpha value is 0.250. The van der Waals surface area contributed by atoms with E-state index in [-0.39, 0.29) is 11.8 Å². The molecule has 10 heavy (non-hydrogen) atoms. The zero-order valence-corrected chi connectivity index (χ0v) is 6.95. The van der Waals surface area contributed by atoms with Gasteiger partial charge in [-0.2, -0.15) is 0 Å². The minimum Gasteiger partial charge on any atom is -0.299 e. The smallest absolute Gasteiger partial charge is 0.136 e. The number of carbonyl (C=O) groups excluding carboxylic acids is 1. The van der Waals surface area contributed by atoms with Gasteiger partial charge < -0.3 is 0 Å². The molecule has 2 fully saturated rings. The molecule has 0 heterocycles. The van der Waals surface area contributed by atoms with E-state index in [4.69, 9.17) is 23.2 Å². The van der Waals surface area contributed by atoms with E-state index in [1.165, 1.54) is 0 Å². The predicted octanol–water partition coefficient (Wildman–Crippen LogP) is 2.16. The van der Waals surface area contributed by atoms with Crippen LogP contribution in [0.25, 0.3) is 0 Å². The number of alkyl halides is 2. The molecule has 2 saturated carbocycles. The van der Waals surface area contributed by atoms with Crippen LogP contribution in [-0.2, 0) is 4.79 Å². The number of fused-ring (bicyclic) bond motifs is 1. The highest BCUT2D eigenvalue weighted by atomic mass is 35.5. The maximum atomic E-state index is 11.0. The van der Waals surface area contributed by atoms with Crippen molar-refractivity contribution in [2.24, 2.45) is 11.8 Å². The second-order valence-electron chi connectivity index (χ2n) is 3.18. The first kappa shape index (κ1) is 6.93. The summed E-state index contributed by atoms with van der Waals surface area (Å²) in [6.45, 7) is 0. The summed E-state index contributed by atoms with van der Waals surface area (Å²) < 4.78 is -0.573. The Morgan fingerprint density at radius 3 is 2.60 bits per heavy atom. The second-order valence-corrected chi connectivity index (χ2v) is 4.73. The molecule has 0 spiro atoms. The standard InChI is InChI=1S/C7H8Cl2O/c8-7(9)3-4-5(7)1-2-6(4)10/h4-5H,1-3H2/t4-,5-/m1/s1. The first-order valence-electron chi connectivity index (χ1n) is 3.52. The minimum absolute atomic E-state index is 0.204. The Morgan fingerprint density at radius 1 is 1.50 bits per heavy atom. The molecule has 0 bridgehead atoms. The summed E-state index contributed by atoms with van der Waals surface area (Å²) in [6.07, 6.45) is 2.27. The molecule has 2 aliphatic rings. The van der Waals surface area contributed by atoms with Gasteiger partial charge in [0.25, 0.3) is 0 Å². The molecule has 0 radical (unpaired) electrons. The molecule has 0 aromatic rings. The van der Waals surface area contributed by atoms with Crippen molar-refractivity contribution in [3.63, 3.8) is 0 Å². The molecular weight excluding hydrogens is 171 g/mol. The van der Waals surface area contributed by atoms with Crippen LogP contribution in [-0.4, -0.2) is 10.1 Å². The van der Waals surface area contributed by atoms with Crippen molar-refractivity contribution in [3.05, 3.63) is 0 Å². The fourth-order valence-corrected chi connectivity index (χ4v) is 2.81. The third-order valence-corrected chi connectivity index (χ3v) is 3.50. The zero-order valence-electron chi connectivity index (χ0n) is 5.44. The van der Waals surface area contributed by atoms with Crippen LogP contribution < -0.4 is 0 Å². The first-order chi connectivity index (χ1) is 4.61. The maximum absolute atomic E-state index is 11.0. The van der Waals surface area contributed by atoms with Crippen molar-refractivity contribution in [3.8, 4) is 0 Å². The third-order valence-electron chi connectivity index (χ3n) is 2.64. The molecule has 0 aromatic carbocycles. The summed E-state index contributed by atoms with van der Waals surface area (Å²) in [6, 6.07) is 0. The average molecular weight is 179 g/mol. The molecule has 0 aliphatic heterocycles. The maximum Gasteiger partial charge on any atom is 0.136 e. The Morgan fingerprint density at radius 2 is 2.20 bits per heavy atom. The molecule has 2 atom stereocenters. The van der Waals surface area contributed by atoms with Gasteiger partial charge in [-0.25, -0.2) is 0 Å². The summed E-state index contributed by atoms with van der Waals surface area (Å²) in [5.74, 6) is 0.834. The second kappa shape index (κ2) is 1.89. The van der Waals surface area contributed by atoms with Gasteiger partial charge in [0, 0.05) is 18.3 Å². The molecule has 0 saturated heterocycles. The van der Waals surface area contributed by atoms with E-state index in [1.807, 2.05) is 0 Å². The lowest BCUT2D eigenvalue weighted by Gasteiger charge is -2.42. The summed E-state index contributed by atoms with van der Waals surface area (Å²) in [5.41, 5.74) is 0. The van der Waals surface area contributed by atoms with E-state index in [1.54, 1.807) is 0 Å². The van der Waals surface area contributed by atoms with Gasteiger partial charge in [-0.3, -0.25) is 4.79 Å². The van der Waals surface area contributed by atoms with Crippen LogP contribution >= 0.6 is 23.2 Å². The molecule has 3 heteroatoms. The van der Waals surface area contributed by atoms with Gasteiger partial charge in [0.05, 0.1) is 0 Å². The highest BCUT2D eigenvalue weighted by molar-refractivity contribution is 6.49. The highest BCUT2D eigenvalue weighted by Crippen LogP contribution is 2.57. The van der Waals surface area contributed by atoms with Crippen molar-refractivity contribution < 1.29 is 4.79 Å². The van der Waals surface area contributed by atoms with Crippen LogP contribution in [0.5, 0.6) is 0 Å². The van der Waals surface area contributed by atoms with Gasteiger partial charge in [-0.1, -0.05) is 0 Å². The van der Waals surface area contributed by atoms with Crippen molar-refractivity contribution in [2.45, 2.75) is 23.6 Å². The Bertz CT molecular complexity index is 188. The zero-order chi connectivity index (χ0) is 7.35. The number of carbonyl (C=O) groups is 1. The molecule has 0 unspecified atom stereocenters. The molecule has 0 aromatic heterocycles. The van der Waals surface area contributed by atoms with Gasteiger partial charge in [0.15, 0.2) is 0 Å². The SMILES string of the molecule is O=C1CC[C@@H]2[C@H]1CC2(Cl)Cl. The number of hydrogen-bond donors (Lipinski definition) is 0. The van der Waals surface area contributed by atoms with Gasteiger partial charge in [-0.15, -0.1) is 23.2 Å². The highest BCUT2D eigenvalue weighted by Gasteiger charge is 2.57. The molecule has 2 aliphatic carbocycles. The number of Topliss-reactive ketones (excluding diaryl/α,β-unsaturated/α-hetero) is 1. The molecule has 56 valence electrons. The Labute approximate surface area is 69.7 Å². The molecule has 2 rings (SSSR count). The van der Waals surface area contributed by atoms with Crippen LogP contribution in [0, 0.1) is 11.8 Å². The predicted molar refractivity (Wildman–Crippen MR) is 40.3 cm³/mol. The molecule has 0 amide bonds. The van der Waals surface area contributed by atoms with Crippen LogP contribution in [0.1, 0.15) is 19.3 Å². The van der Waals surface area contributed by atoms with E-state index >= 15 is 0 Å². The normalized spacial score (nSPS) is 42.8. The van der Waals surface area contributed by atoms with E-state index in [9.17, 15) is 4.79 Å². The lowest BCUT2D eigenvalue weighted by Crippen LogP contribution is -2.44. The fourth-order valence-electron chi connectivity index (χ4n) is 1.95. The number of hydrogen-bond acceptors (Lipinski definition) is 1. The van der Waals surface area contributed by atoms with E-state index in [2.05, 4.69) is 0 Å². The van der Waals surface area contributed by atoms with Crippen molar-refractivity contribution in [2.75, 3.05) is 0 Å². The van der Waals surface area contributed by atoms with Crippen LogP contribution in [0.3, 0.4) is 0 Å². The monoisotopic (exact) mass is 178 g/mol. The number of rotatable bonds is 0. The summed E-state index contributed by atoms with van der Waals surface area (Å²) >= 11 is 11.8. The topological polar surface area (TPSA) is 17.1 Å². The lowest BCUT2D eigenvalue weighted by molar-refractivity contribution is -0.123. The molecular formula is C7H8Cl2O. The summed E-state index contributed by atoms with van der Waals surface area (Å²) in [7, 11) is 0. The fraction of sp³-hybridized carbons (Fsp3) is 0.857. The Kier molecular flexibility index (Phi) is 1.31. The summed E-state index contributed by atoms with van der Waals surface area (Å²) in [4.78, 5) is 11.0. The van der Waals surface area contributed by atoms with Gasteiger partial charge in [0.2, 0.25) is 0 Å². The van der Waals surface area contributed by atoms with Crippen LogP contribution in [0.2, 0.25) is 0 Å². The molecule has 0 N–H and O–H groups in total. The van der Waals surface area contributed by atoms with E-state index in [0.29, 0.717) is 18.6 Å². The van der Waals surface area contributed by atoms with Crippen LogP contribution in [0.15, 0.2) is 0 Å². The van der Waals surface area contributed by atoms with Gasteiger partial charge in [0.1, 0.15) is 10.1 Å². The van der Waals surface area contributed by atoms with E-state index in [0.717, 1.165) is 6.42 Å². The van der Waals surface area contributed by atoms with Gasteiger partial charge >= 0.3 is 0 Å². The van der Waals surface area contributed by atoms with Crippen molar-refractivity contribution in [1.82, 2.24) is 0 Å². The van der Waals surface area contributed by atoms with Crippen LogP contribution in [0.4, 0.5) is 0 Å². The lowest BCUT2D eigenvalue weighted by atomic mass is 9.75. The van der Waals surface area contributed by atoms with Crippen molar-refractivity contribution in [1.29, 1.82) is 0 Å². The Balaban J connectivity index is 2.16. The minimum atomic E-state index is -0.573. The average Bonchev–Trinajstić information content (AvgIpc) is 2.09. The molecule has 1 nitrogen and oxygen atoms in total. The number of ketones is 1. The van der Waals surface area contributed by atoms with E-state index < -0.39 is 4.33 Å². The van der Waals surface area contributed by atoms with Gasteiger partial charge in [-0.05, 0) is 12.8 Å². The quantitative estimate of drug-likeness (QED) is 0.520. The van der Waals surface area contributed by atoms with Crippen molar-refractivity contribution >= 4 is 29.0 Å².